The van der Waals surface area contributed by atoms with Gasteiger partial charge in [-0.1, -0.05) is 16.9 Å². The smallest absolute Gasteiger partial charge is 0.317 e. The highest BCUT2D eigenvalue weighted by Gasteiger charge is 2.20. The number of carbonyl (C=O) groups excluding carboxylic acids is 2. The average molecular weight is 406 g/mol. The molecule has 1 amide bonds. The van der Waals surface area contributed by atoms with Crippen molar-refractivity contribution in [2.45, 2.75) is 38.8 Å². The summed E-state index contributed by atoms with van der Waals surface area (Å²) >= 11 is 2.87. The topological polar surface area (TPSA) is 107 Å². The first-order chi connectivity index (χ1) is 12.8. The van der Waals surface area contributed by atoms with Crippen LogP contribution in [0.4, 0.5) is 5.82 Å². The second-order valence-electron chi connectivity index (χ2n) is 5.88. The molecule has 0 aliphatic heterocycles. The average Bonchev–Trinajstić information content (AvgIpc) is 3.16. The highest BCUT2D eigenvalue weighted by molar-refractivity contribution is 8.00. The Morgan fingerprint density at radius 3 is 2.81 bits per heavy atom. The molecule has 3 aromatic heterocycles. The van der Waals surface area contributed by atoms with E-state index in [0.29, 0.717) is 5.76 Å². The highest BCUT2D eigenvalue weighted by Crippen LogP contribution is 2.34. The second-order valence-corrected chi connectivity index (χ2v) is 8.04. The van der Waals surface area contributed by atoms with Gasteiger partial charge in [-0.3, -0.25) is 9.59 Å². The molecule has 0 saturated carbocycles. The van der Waals surface area contributed by atoms with Crippen LogP contribution in [0.2, 0.25) is 0 Å². The quantitative estimate of drug-likeness (QED) is 0.378. The predicted octanol–water partition coefficient (Wildman–Crippen LogP) is 3.27. The number of anilines is 1. The summed E-state index contributed by atoms with van der Waals surface area (Å²) in [6.45, 7) is 7.25. The molecular formula is C17H18N4O4S2. The van der Waals surface area contributed by atoms with Crippen LogP contribution in [-0.4, -0.2) is 38.9 Å². The SMILES string of the molecule is Cc1cc(NC(=O)[C@@H](C)OC(=O)CSc2ncnc3sc(C)c(C)c23)no1. The van der Waals surface area contributed by atoms with Gasteiger partial charge < -0.3 is 14.6 Å². The molecule has 0 saturated heterocycles. The number of thiophene rings is 1. The fourth-order valence-corrected chi connectivity index (χ4v) is 4.22. The van der Waals surface area contributed by atoms with Crippen LogP contribution < -0.4 is 5.32 Å². The third kappa shape index (κ3) is 4.45. The number of carbonyl (C=O) groups is 2. The lowest BCUT2D eigenvalue weighted by Gasteiger charge is -2.12. The maximum atomic E-state index is 12.1. The van der Waals surface area contributed by atoms with Crippen molar-refractivity contribution >= 4 is 51.0 Å². The summed E-state index contributed by atoms with van der Waals surface area (Å²) in [6.07, 6.45) is 0.534. The number of nitrogens with zero attached hydrogens (tertiary/aromatic N) is 3. The fraction of sp³-hybridized carbons (Fsp3) is 0.353. The Morgan fingerprint density at radius 1 is 1.33 bits per heavy atom. The van der Waals surface area contributed by atoms with E-state index in [1.165, 1.54) is 29.9 Å². The van der Waals surface area contributed by atoms with Crippen LogP contribution in [0.5, 0.6) is 0 Å². The molecule has 0 radical (unpaired) electrons. The minimum Gasteiger partial charge on any atom is -0.452 e. The van der Waals surface area contributed by atoms with Crippen LogP contribution in [0.25, 0.3) is 10.2 Å². The Hall–Kier alpha value is -2.46. The standard InChI is InChI=1S/C17H18N4O4S2/c1-8-5-12(21-25-8)20-15(23)10(3)24-13(22)6-26-16-14-9(2)11(4)27-17(14)19-7-18-16/h5,7,10H,6H2,1-4H3,(H,20,21,23)/t10-/m1/s1. The second kappa shape index (κ2) is 8.05. The van der Waals surface area contributed by atoms with Gasteiger partial charge in [-0.25, -0.2) is 9.97 Å². The van der Waals surface area contributed by atoms with Gasteiger partial charge in [0, 0.05) is 16.3 Å². The van der Waals surface area contributed by atoms with E-state index < -0.39 is 18.0 Å². The highest BCUT2D eigenvalue weighted by atomic mass is 32.2. The summed E-state index contributed by atoms with van der Waals surface area (Å²) in [4.78, 5) is 34.8. The van der Waals surface area contributed by atoms with Gasteiger partial charge in [0.25, 0.3) is 5.91 Å². The van der Waals surface area contributed by atoms with Gasteiger partial charge in [0.2, 0.25) is 0 Å². The molecule has 0 aromatic carbocycles. The Balaban J connectivity index is 1.57. The van der Waals surface area contributed by atoms with Crippen molar-refractivity contribution in [3.8, 4) is 0 Å². The molecule has 3 aromatic rings. The van der Waals surface area contributed by atoms with Gasteiger partial charge >= 0.3 is 5.97 Å². The van der Waals surface area contributed by atoms with E-state index in [1.807, 2.05) is 13.8 Å². The number of amides is 1. The van der Waals surface area contributed by atoms with Crippen molar-refractivity contribution in [1.82, 2.24) is 15.1 Å². The number of rotatable bonds is 6. The van der Waals surface area contributed by atoms with Gasteiger partial charge in [-0.15, -0.1) is 11.3 Å². The predicted molar refractivity (Wildman–Crippen MR) is 103 cm³/mol. The zero-order valence-corrected chi connectivity index (χ0v) is 16.9. The third-order valence-corrected chi connectivity index (χ3v) is 5.89. The lowest BCUT2D eigenvalue weighted by atomic mass is 10.2. The maximum Gasteiger partial charge on any atom is 0.317 e. The van der Waals surface area contributed by atoms with E-state index in [1.54, 1.807) is 24.3 Å². The van der Waals surface area contributed by atoms with E-state index in [2.05, 4.69) is 20.4 Å². The summed E-state index contributed by atoms with van der Waals surface area (Å²) in [5, 5.41) is 7.89. The lowest BCUT2D eigenvalue weighted by Crippen LogP contribution is -2.30. The third-order valence-electron chi connectivity index (χ3n) is 3.81. The summed E-state index contributed by atoms with van der Waals surface area (Å²) in [7, 11) is 0. The first kappa shape index (κ1) is 19.3. The van der Waals surface area contributed by atoms with E-state index >= 15 is 0 Å². The monoisotopic (exact) mass is 406 g/mol. The maximum absolute atomic E-state index is 12.1. The van der Waals surface area contributed by atoms with Crippen molar-refractivity contribution in [2.75, 3.05) is 11.1 Å². The fourth-order valence-electron chi connectivity index (χ4n) is 2.32. The number of hydrogen-bond donors (Lipinski definition) is 1. The molecule has 0 fully saturated rings. The molecule has 0 unspecified atom stereocenters. The van der Waals surface area contributed by atoms with Crippen LogP contribution in [-0.2, 0) is 14.3 Å². The van der Waals surface area contributed by atoms with Gasteiger partial charge in [-0.2, -0.15) is 0 Å². The van der Waals surface area contributed by atoms with E-state index in [0.717, 1.165) is 20.8 Å². The molecule has 0 spiro atoms. The summed E-state index contributed by atoms with van der Waals surface area (Å²) in [5.41, 5.74) is 1.11. The van der Waals surface area contributed by atoms with Crippen LogP contribution in [0.3, 0.4) is 0 Å². The molecule has 1 N–H and O–H groups in total. The molecule has 10 heteroatoms. The Morgan fingerprint density at radius 2 is 2.11 bits per heavy atom. The van der Waals surface area contributed by atoms with Crippen LogP contribution in [0.1, 0.15) is 23.1 Å². The van der Waals surface area contributed by atoms with Gasteiger partial charge in [0.15, 0.2) is 11.9 Å². The minimum atomic E-state index is -0.953. The van der Waals surface area contributed by atoms with Crippen molar-refractivity contribution in [3.63, 3.8) is 0 Å². The first-order valence-corrected chi connectivity index (χ1v) is 9.92. The first-order valence-electron chi connectivity index (χ1n) is 8.12. The van der Waals surface area contributed by atoms with E-state index in [-0.39, 0.29) is 11.6 Å². The molecule has 27 heavy (non-hydrogen) atoms. The minimum absolute atomic E-state index is 0.0428. The lowest BCUT2D eigenvalue weighted by molar-refractivity contribution is -0.150. The number of thioether (sulfide) groups is 1. The summed E-state index contributed by atoms with van der Waals surface area (Å²) < 4.78 is 10.1. The van der Waals surface area contributed by atoms with Gasteiger partial charge in [0.05, 0.1) is 5.75 Å². The van der Waals surface area contributed by atoms with Crippen LogP contribution >= 0.6 is 23.1 Å². The number of ether oxygens (including phenoxy) is 1. The zero-order chi connectivity index (χ0) is 19.6. The normalized spacial score (nSPS) is 12.1. The number of aromatic nitrogens is 3. The number of aryl methyl sites for hydroxylation is 3. The molecule has 3 rings (SSSR count). The van der Waals surface area contributed by atoms with Crippen molar-refractivity contribution in [1.29, 1.82) is 0 Å². The zero-order valence-electron chi connectivity index (χ0n) is 15.2. The van der Waals surface area contributed by atoms with Gasteiger partial charge in [-0.05, 0) is 33.3 Å². The molecule has 3 heterocycles. The van der Waals surface area contributed by atoms with Crippen molar-refractivity contribution in [2.24, 2.45) is 0 Å². The molecular weight excluding hydrogens is 388 g/mol. The number of fused-ring (bicyclic) bond motifs is 1. The van der Waals surface area contributed by atoms with Crippen LogP contribution in [0.15, 0.2) is 21.9 Å². The Labute approximate surface area is 163 Å². The number of esters is 1. The van der Waals surface area contributed by atoms with Crippen molar-refractivity contribution < 1.29 is 18.8 Å². The summed E-state index contributed by atoms with van der Waals surface area (Å²) in [6, 6.07) is 1.58. The van der Waals surface area contributed by atoms with E-state index in [9.17, 15) is 9.59 Å². The molecule has 0 aliphatic carbocycles. The molecule has 0 bridgehead atoms. The largest absolute Gasteiger partial charge is 0.452 e. The molecule has 1 atom stereocenters. The van der Waals surface area contributed by atoms with Crippen molar-refractivity contribution in [3.05, 3.63) is 28.6 Å². The van der Waals surface area contributed by atoms with E-state index in [4.69, 9.17) is 9.26 Å². The Kier molecular flexibility index (Phi) is 5.76. The molecule has 0 aliphatic rings. The Bertz CT molecular complexity index is 998. The number of hydrogen-bond acceptors (Lipinski definition) is 9. The van der Waals surface area contributed by atoms with Gasteiger partial charge in [0.1, 0.15) is 21.9 Å². The molecule has 8 nitrogen and oxygen atoms in total. The number of nitrogens with one attached hydrogen (secondary N) is 1. The van der Waals surface area contributed by atoms with Crippen LogP contribution in [0, 0.1) is 20.8 Å². The summed E-state index contributed by atoms with van der Waals surface area (Å²) in [5.74, 6) is -0.0881. The molecule has 142 valence electrons.